The summed E-state index contributed by atoms with van der Waals surface area (Å²) in [6, 6.07) is 16.2. The highest BCUT2D eigenvalue weighted by Gasteiger charge is 2.25. The van der Waals surface area contributed by atoms with E-state index in [4.69, 9.17) is 4.74 Å². The zero-order chi connectivity index (χ0) is 13.9. The molecule has 1 unspecified atom stereocenters. The Bertz CT molecular complexity index is 596. The Morgan fingerprint density at radius 3 is 2.15 bits per heavy atom. The molecule has 0 amide bonds. The lowest BCUT2D eigenvalue weighted by atomic mass is 9.94. The van der Waals surface area contributed by atoms with Gasteiger partial charge in [-0.25, -0.2) is 0 Å². The average Bonchev–Trinajstić information content (AvgIpc) is 2.46. The van der Waals surface area contributed by atoms with Crippen molar-refractivity contribution in [2.45, 2.75) is 6.04 Å². The van der Waals surface area contributed by atoms with Crippen LogP contribution in [-0.2, 0) is 10.8 Å². The molecule has 0 saturated heterocycles. The smallest absolute Gasteiger partial charge is 0.132 e. The first-order valence-electron chi connectivity index (χ1n) is 6.65. The molecule has 1 atom stereocenters. The van der Waals surface area contributed by atoms with Crippen LogP contribution < -0.4 is 10.1 Å². The van der Waals surface area contributed by atoms with Crippen LogP contribution in [0.3, 0.4) is 0 Å². The fraction of sp³-hybridized carbons (Fsp3) is 0.250. The third-order valence-corrected chi connectivity index (χ3v) is 4.20. The normalized spacial score (nSPS) is 15.1. The molecular formula is C16H17NO2S. The summed E-state index contributed by atoms with van der Waals surface area (Å²) in [5.74, 6) is 2.43. The van der Waals surface area contributed by atoms with Crippen molar-refractivity contribution >= 4 is 10.8 Å². The first-order valence-corrected chi connectivity index (χ1v) is 8.37. The van der Waals surface area contributed by atoms with E-state index in [-0.39, 0.29) is 6.04 Å². The van der Waals surface area contributed by atoms with Crippen molar-refractivity contribution < 1.29 is 8.95 Å². The summed E-state index contributed by atoms with van der Waals surface area (Å²) in [6.07, 6.45) is 1.73. The molecule has 20 heavy (non-hydrogen) atoms. The highest BCUT2D eigenvalue weighted by Crippen LogP contribution is 2.42. The predicted octanol–water partition coefficient (Wildman–Crippen LogP) is 2.85. The van der Waals surface area contributed by atoms with Gasteiger partial charge in [-0.3, -0.25) is 4.21 Å². The quantitative estimate of drug-likeness (QED) is 0.939. The second-order valence-corrected chi connectivity index (χ2v) is 6.40. The van der Waals surface area contributed by atoms with Crippen LogP contribution >= 0.6 is 0 Å². The first-order chi connectivity index (χ1) is 9.75. The van der Waals surface area contributed by atoms with Gasteiger partial charge in [0.1, 0.15) is 11.5 Å². The van der Waals surface area contributed by atoms with Gasteiger partial charge >= 0.3 is 0 Å². The van der Waals surface area contributed by atoms with E-state index in [2.05, 4.69) is 17.4 Å². The maximum absolute atomic E-state index is 11.2. The summed E-state index contributed by atoms with van der Waals surface area (Å²) in [4.78, 5) is 0. The van der Waals surface area contributed by atoms with Crippen LogP contribution in [0.5, 0.6) is 11.5 Å². The Balaban J connectivity index is 1.93. The van der Waals surface area contributed by atoms with Gasteiger partial charge in [-0.1, -0.05) is 36.4 Å². The largest absolute Gasteiger partial charge is 0.457 e. The van der Waals surface area contributed by atoms with Crippen LogP contribution in [0, 0.1) is 0 Å². The summed E-state index contributed by atoms with van der Waals surface area (Å²) in [7, 11) is -0.779. The molecule has 0 radical (unpaired) electrons. The SMILES string of the molecule is CS(=O)CCNC1c2ccccc2Oc2ccccc21. The molecule has 0 bridgehead atoms. The van der Waals surface area contributed by atoms with Crippen LogP contribution in [0.4, 0.5) is 0 Å². The van der Waals surface area contributed by atoms with E-state index in [1.807, 2.05) is 36.4 Å². The predicted molar refractivity (Wildman–Crippen MR) is 81.7 cm³/mol. The topological polar surface area (TPSA) is 38.3 Å². The fourth-order valence-electron chi connectivity index (χ4n) is 2.48. The minimum Gasteiger partial charge on any atom is -0.457 e. The van der Waals surface area contributed by atoms with Crippen molar-refractivity contribution in [1.29, 1.82) is 0 Å². The third kappa shape index (κ3) is 2.62. The van der Waals surface area contributed by atoms with Crippen molar-refractivity contribution in [2.75, 3.05) is 18.6 Å². The number of nitrogens with one attached hydrogen (secondary N) is 1. The molecule has 3 nitrogen and oxygen atoms in total. The van der Waals surface area contributed by atoms with Crippen LogP contribution in [0.25, 0.3) is 0 Å². The summed E-state index contributed by atoms with van der Waals surface area (Å²) in [5, 5.41) is 3.49. The highest BCUT2D eigenvalue weighted by atomic mass is 32.2. The number of ether oxygens (including phenoxy) is 1. The van der Waals surface area contributed by atoms with Gasteiger partial charge in [0.2, 0.25) is 0 Å². The summed E-state index contributed by atoms with van der Waals surface area (Å²) in [5.41, 5.74) is 2.26. The monoisotopic (exact) mass is 287 g/mol. The maximum atomic E-state index is 11.2. The van der Waals surface area contributed by atoms with Crippen molar-refractivity contribution in [3.8, 4) is 11.5 Å². The molecule has 2 aromatic rings. The van der Waals surface area contributed by atoms with Crippen LogP contribution in [-0.4, -0.2) is 22.8 Å². The van der Waals surface area contributed by atoms with Gasteiger partial charge in [0.25, 0.3) is 0 Å². The lowest BCUT2D eigenvalue weighted by Gasteiger charge is -2.28. The fourth-order valence-corrected chi connectivity index (χ4v) is 2.88. The van der Waals surface area contributed by atoms with Crippen LogP contribution in [0.2, 0.25) is 0 Å². The number of fused-ring (bicyclic) bond motifs is 2. The van der Waals surface area contributed by atoms with E-state index in [0.717, 1.165) is 29.2 Å². The van der Waals surface area contributed by atoms with Crippen LogP contribution in [0.15, 0.2) is 48.5 Å². The third-order valence-electron chi connectivity index (χ3n) is 3.42. The van der Waals surface area contributed by atoms with Crippen LogP contribution in [0.1, 0.15) is 17.2 Å². The number of rotatable bonds is 4. The zero-order valence-electron chi connectivity index (χ0n) is 11.3. The van der Waals surface area contributed by atoms with E-state index in [1.54, 1.807) is 6.26 Å². The molecule has 0 fully saturated rings. The second kappa shape index (κ2) is 5.77. The van der Waals surface area contributed by atoms with E-state index >= 15 is 0 Å². The minimum absolute atomic E-state index is 0.0969. The van der Waals surface area contributed by atoms with Gasteiger partial charge in [0, 0.05) is 40.5 Å². The minimum atomic E-state index is -0.779. The van der Waals surface area contributed by atoms with Crippen molar-refractivity contribution in [1.82, 2.24) is 5.32 Å². The average molecular weight is 287 g/mol. The Morgan fingerprint density at radius 2 is 1.60 bits per heavy atom. The molecule has 1 aliphatic rings. The second-order valence-electron chi connectivity index (χ2n) is 4.84. The molecule has 104 valence electrons. The van der Waals surface area contributed by atoms with Gasteiger partial charge in [-0.05, 0) is 12.1 Å². The lowest BCUT2D eigenvalue weighted by molar-refractivity contribution is 0.431. The van der Waals surface area contributed by atoms with Crippen molar-refractivity contribution in [3.05, 3.63) is 59.7 Å². The number of hydrogen-bond acceptors (Lipinski definition) is 3. The summed E-state index contributed by atoms with van der Waals surface area (Å²) in [6.45, 7) is 0.719. The zero-order valence-corrected chi connectivity index (χ0v) is 12.2. The summed E-state index contributed by atoms with van der Waals surface area (Å²) >= 11 is 0. The molecule has 1 N–H and O–H groups in total. The van der Waals surface area contributed by atoms with E-state index in [0.29, 0.717) is 5.75 Å². The Labute approximate surface area is 121 Å². The van der Waals surface area contributed by atoms with Gasteiger partial charge < -0.3 is 10.1 Å². The molecule has 0 spiro atoms. The molecule has 2 aromatic carbocycles. The van der Waals surface area contributed by atoms with E-state index in [1.165, 1.54) is 0 Å². The Hall–Kier alpha value is -1.65. The van der Waals surface area contributed by atoms with E-state index in [9.17, 15) is 4.21 Å². The number of hydrogen-bond donors (Lipinski definition) is 1. The molecule has 0 aliphatic carbocycles. The van der Waals surface area contributed by atoms with Crippen molar-refractivity contribution in [2.24, 2.45) is 0 Å². The first kappa shape index (κ1) is 13.3. The van der Waals surface area contributed by atoms with Gasteiger partial charge in [-0.2, -0.15) is 0 Å². The van der Waals surface area contributed by atoms with Gasteiger partial charge in [-0.15, -0.1) is 0 Å². The number of para-hydroxylation sites is 2. The Morgan fingerprint density at radius 1 is 1.05 bits per heavy atom. The summed E-state index contributed by atoms with van der Waals surface area (Å²) < 4.78 is 17.2. The molecule has 1 aliphatic heterocycles. The molecule has 4 heteroatoms. The number of benzene rings is 2. The molecule has 3 rings (SSSR count). The van der Waals surface area contributed by atoms with Gasteiger partial charge in [0.15, 0.2) is 0 Å². The maximum Gasteiger partial charge on any atom is 0.132 e. The molecule has 1 heterocycles. The highest BCUT2D eigenvalue weighted by molar-refractivity contribution is 7.84. The molecular weight excluding hydrogens is 270 g/mol. The molecule has 0 saturated carbocycles. The van der Waals surface area contributed by atoms with Crippen molar-refractivity contribution in [3.63, 3.8) is 0 Å². The van der Waals surface area contributed by atoms with Gasteiger partial charge in [0.05, 0.1) is 6.04 Å². The lowest BCUT2D eigenvalue weighted by Crippen LogP contribution is -2.28. The Kier molecular flexibility index (Phi) is 3.85. The molecule has 0 aromatic heterocycles. The van der Waals surface area contributed by atoms with E-state index < -0.39 is 10.8 Å². The standard InChI is InChI=1S/C16H17NO2S/c1-20(18)11-10-17-16-12-6-2-4-8-14(12)19-15-9-5-3-7-13(15)16/h2-9,16-17H,10-11H2,1H3.